The molecule has 1 fully saturated rings. The maximum atomic E-state index is 6.17. The molecular formula is C12H19ClN4. The number of halogens is 1. The van der Waals surface area contributed by atoms with E-state index in [9.17, 15) is 0 Å². The second-order valence-electron chi connectivity index (χ2n) is 4.51. The summed E-state index contributed by atoms with van der Waals surface area (Å²) < 4.78 is 0. The zero-order chi connectivity index (χ0) is 12.3. The molecule has 2 heterocycles. The number of hydrogen-bond donors (Lipinski definition) is 0. The van der Waals surface area contributed by atoms with Crippen molar-refractivity contribution < 1.29 is 0 Å². The van der Waals surface area contributed by atoms with Crippen molar-refractivity contribution >= 4 is 17.4 Å². The Morgan fingerprint density at radius 2 is 1.94 bits per heavy atom. The summed E-state index contributed by atoms with van der Waals surface area (Å²) in [5.74, 6) is 1.03. The Morgan fingerprint density at radius 3 is 2.59 bits per heavy atom. The standard InChI is InChI=1S/C12H19ClN4/c1-3-4-10-11(13)14-9-15-12(10)17-7-5-16(2)6-8-17/h9H,3-8H2,1-2H3. The van der Waals surface area contributed by atoms with E-state index in [-0.39, 0.29) is 0 Å². The van der Waals surface area contributed by atoms with Crippen molar-refractivity contribution in [2.24, 2.45) is 0 Å². The Labute approximate surface area is 108 Å². The second kappa shape index (κ2) is 5.65. The van der Waals surface area contributed by atoms with Crippen LogP contribution in [0.5, 0.6) is 0 Å². The SMILES string of the molecule is CCCc1c(Cl)ncnc1N1CCN(C)CC1. The molecule has 1 aromatic heterocycles. The van der Waals surface area contributed by atoms with Crippen molar-refractivity contribution in [2.45, 2.75) is 19.8 Å². The van der Waals surface area contributed by atoms with Gasteiger partial charge in [0.2, 0.25) is 0 Å². The highest BCUT2D eigenvalue weighted by Crippen LogP contribution is 2.25. The number of nitrogens with zero attached hydrogens (tertiary/aromatic N) is 4. The van der Waals surface area contributed by atoms with Crippen LogP contribution in [-0.4, -0.2) is 48.1 Å². The van der Waals surface area contributed by atoms with Crippen LogP contribution in [0.2, 0.25) is 5.15 Å². The summed E-state index contributed by atoms with van der Waals surface area (Å²) in [6, 6.07) is 0. The quantitative estimate of drug-likeness (QED) is 0.771. The van der Waals surface area contributed by atoms with E-state index >= 15 is 0 Å². The molecule has 4 nitrogen and oxygen atoms in total. The van der Waals surface area contributed by atoms with Gasteiger partial charge in [0.1, 0.15) is 17.3 Å². The number of likely N-dealkylation sites (N-methyl/N-ethyl adjacent to an activating group) is 1. The summed E-state index contributed by atoms with van der Waals surface area (Å²) in [4.78, 5) is 13.2. The Kier molecular flexibility index (Phi) is 4.18. The normalized spacial score (nSPS) is 17.5. The Bertz CT molecular complexity index is 375. The molecule has 0 radical (unpaired) electrons. The molecule has 0 spiro atoms. The van der Waals surface area contributed by atoms with Gasteiger partial charge in [0.25, 0.3) is 0 Å². The van der Waals surface area contributed by atoms with E-state index < -0.39 is 0 Å². The van der Waals surface area contributed by atoms with Gasteiger partial charge >= 0.3 is 0 Å². The van der Waals surface area contributed by atoms with Gasteiger partial charge in [-0.05, 0) is 13.5 Å². The monoisotopic (exact) mass is 254 g/mol. The fraction of sp³-hybridized carbons (Fsp3) is 0.667. The molecule has 1 aliphatic rings. The summed E-state index contributed by atoms with van der Waals surface area (Å²) in [5.41, 5.74) is 1.10. The number of rotatable bonds is 3. The second-order valence-corrected chi connectivity index (χ2v) is 4.86. The fourth-order valence-corrected chi connectivity index (χ4v) is 2.36. The first-order valence-corrected chi connectivity index (χ1v) is 6.53. The first-order valence-electron chi connectivity index (χ1n) is 6.15. The summed E-state index contributed by atoms with van der Waals surface area (Å²) in [6.45, 7) is 6.33. The maximum Gasteiger partial charge on any atom is 0.137 e. The number of anilines is 1. The highest BCUT2D eigenvalue weighted by molar-refractivity contribution is 6.30. The Balaban J connectivity index is 2.22. The van der Waals surface area contributed by atoms with Gasteiger partial charge in [-0.3, -0.25) is 0 Å². The lowest BCUT2D eigenvalue weighted by atomic mass is 10.1. The van der Waals surface area contributed by atoms with E-state index in [0.29, 0.717) is 5.15 Å². The number of aromatic nitrogens is 2. The molecule has 0 amide bonds. The van der Waals surface area contributed by atoms with Gasteiger partial charge in [-0.2, -0.15) is 0 Å². The summed E-state index contributed by atoms with van der Waals surface area (Å²) in [7, 11) is 2.15. The molecule has 0 atom stereocenters. The van der Waals surface area contributed by atoms with Crippen LogP contribution in [0.3, 0.4) is 0 Å². The smallest absolute Gasteiger partial charge is 0.137 e. The Morgan fingerprint density at radius 1 is 1.24 bits per heavy atom. The molecule has 2 rings (SSSR count). The zero-order valence-electron chi connectivity index (χ0n) is 10.5. The van der Waals surface area contributed by atoms with Crippen molar-refractivity contribution in [1.82, 2.24) is 14.9 Å². The predicted octanol–water partition coefficient (Wildman–Crippen LogP) is 1.83. The number of hydrogen-bond acceptors (Lipinski definition) is 4. The first-order chi connectivity index (χ1) is 8.22. The largest absolute Gasteiger partial charge is 0.354 e. The lowest BCUT2D eigenvalue weighted by Gasteiger charge is -2.34. The predicted molar refractivity (Wildman–Crippen MR) is 70.7 cm³/mol. The first kappa shape index (κ1) is 12.6. The Hall–Kier alpha value is -0.870. The van der Waals surface area contributed by atoms with Crippen molar-refractivity contribution in [2.75, 3.05) is 38.1 Å². The van der Waals surface area contributed by atoms with Gasteiger partial charge in [0, 0.05) is 31.7 Å². The van der Waals surface area contributed by atoms with Crippen LogP contribution < -0.4 is 4.90 Å². The van der Waals surface area contributed by atoms with Crippen molar-refractivity contribution in [3.8, 4) is 0 Å². The average molecular weight is 255 g/mol. The van der Waals surface area contributed by atoms with Gasteiger partial charge in [0.05, 0.1) is 0 Å². The topological polar surface area (TPSA) is 32.3 Å². The third-order valence-electron chi connectivity index (χ3n) is 3.17. The minimum Gasteiger partial charge on any atom is -0.354 e. The van der Waals surface area contributed by atoms with Crippen LogP contribution in [0, 0.1) is 0 Å². The van der Waals surface area contributed by atoms with E-state index in [4.69, 9.17) is 11.6 Å². The molecule has 0 unspecified atom stereocenters. The third kappa shape index (κ3) is 2.87. The average Bonchev–Trinajstić information content (AvgIpc) is 2.33. The van der Waals surface area contributed by atoms with Crippen LogP contribution in [0.15, 0.2) is 6.33 Å². The minimum atomic E-state index is 0.607. The van der Waals surface area contributed by atoms with E-state index in [1.807, 2.05) is 0 Å². The molecule has 5 heteroatoms. The lowest BCUT2D eigenvalue weighted by molar-refractivity contribution is 0.311. The number of piperazine rings is 1. The molecule has 0 saturated carbocycles. The summed E-state index contributed by atoms with van der Waals surface area (Å²) >= 11 is 6.17. The van der Waals surface area contributed by atoms with Crippen LogP contribution in [0.4, 0.5) is 5.82 Å². The van der Waals surface area contributed by atoms with Crippen LogP contribution >= 0.6 is 11.6 Å². The van der Waals surface area contributed by atoms with Gasteiger partial charge in [0.15, 0.2) is 0 Å². The van der Waals surface area contributed by atoms with Crippen molar-refractivity contribution in [1.29, 1.82) is 0 Å². The molecular weight excluding hydrogens is 236 g/mol. The molecule has 1 aliphatic heterocycles. The molecule has 94 valence electrons. The maximum absolute atomic E-state index is 6.17. The van der Waals surface area contributed by atoms with Gasteiger partial charge in [-0.25, -0.2) is 9.97 Å². The van der Waals surface area contributed by atoms with E-state index in [1.54, 1.807) is 6.33 Å². The molecule has 0 N–H and O–H groups in total. The summed E-state index contributed by atoms with van der Waals surface area (Å²) in [5, 5.41) is 0.607. The van der Waals surface area contributed by atoms with Crippen LogP contribution in [0.25, 0.3) is 0 Å². The van der Waals surface area contributed by atoms with Crippen LogP contribution in [0.1, 0.15) is 18.9 Å². The van der Waals surface area contributed by atoms with Crippen LogP contribution in [-0.2, 0) is 6.42 Å². The molecule has 1 aromatic rings. The van der Waals surface area contributed by atoms with E-state index in [0.717, 1.165) is 50.4 Å². The van der Waals surface area contributed by atoms with E-state index in [1.165, 1.54) is 0 Å². The van der Waals surface area contributed by atoms with E-state index in [2.05, 4.69) is 33.7 Å². The third-order valence-corrected chi connectivity index (χ3v) is 3.50. The molecule has 0 bridgehead atoms. The highest BCUT2D eigenvalue weighted by atomic mass is 35.5. The minimum absolute atomic E-state index is 0.607. The zero-order valence-corrected chi connectivity index (χ0v) is 11.2. The molecule has 17 heavy (non-hydrogen) atoms. The molecule has 0 aliphatic carbocycles. The van der Waals surface area contributed by atoms with Crippen molar-refractivity contribution in [3.63, 3.8) is 0 Å². The molecule has 1 saturated heterocycles. The van der Waals surface area contributed by atoms with Gasteiger partial charge in [-0.15, -0.1) is 0 Å². The molecule has 0 aromatic carbocycles. The van der Waals surface area contributed by atoms with Gasteiger partial charge in [-0.1, -0.05) is 24.9 Å². The van der Waals surface area contributed by atoms with Crippen molar-refractivity contribution in [3.05, 3.63) is 17.0 Å². The summed E-state index contributed by atoms with van der Waals surface area (Å²) in [6.07, 6.45) is 3.57. The van der Waals surface area contributed by atoms with Gasteiger partial charge < -0.3 is 9.80 Å². The fourth-order valence-electron chi connectivity index (χ4n) is 2.14. The highest BCUT2D eigenvalue weighted by Gasteiger charge is 2.19. The lowest BCUT2D eigenvalue weighted by Crippen LogP contribution is -2.45.